The van der Waals surface area contributed by atoms with Gasteiger partial charge in [-0.15, -0.1) is 0 Å². The van der Waals surface area contributed by atoms with Crippen molar-refractivity contribution in [2.45, 2.75) is 45.2 Å². The number of ether oxygens (including phenoxy) is 3. The number of methoxy groups -OCH3 is 2. The molecule has 12 heteroatoms. The molecule has 3 aromatic carbocycles. The highest BCUT2D eigenvalue weighted by Gasteiger charge is 2.33. The van der Waals surface area contributed by atoms with E-state index in [0.29, 0.717) is 24.7 Å². The van der Waals surface area contributed by atoms with Crippen molar-refractivity contribution in [1.82, 2.24) is 10.2 Å². The lowest BCUT2D eigenvalue weighted by Gasteiger charge is -2.32. The van der Waals surface area contributed by atoms with E-state index >= 15 is 0 Å². The molecule has 0 unspecified atom stereocenters. The quantitative estimate of drug-likeness (QED) is 0.261. The molecular weight excluding hydrogens is 589 g/mol. The maximum Gasteiger partial charge on any atom is 0.264 e. The molecule has 0 radical (unpaired) electrons. The van der Waals surface area contributed by atoms with Crippen molar-refractivity contribution < 1.29 is 36.6 Å². The van der Waals surface area contributed by atoms with E-state index in [0.717, 1.165) is 4.31 Å². The third-order valence-electron chi connectivity index (χ3n) is 6.81. The Labute approximate surface area is 258 Å². The Bertz CT molecular complexity index is 1530. The molecule has 0 spiro atoms. The number of carbonyl (C=O) groups excluding carboxylic acids is 2. The zero-order valence-corrected chi connectivity index (χ0v) is 26.7. The van der Waals surface area contributed by atoms with E-state index in [9.17, 15) is 22.4 Å². The first-order valence-corrected chi connectivity index (χ1v) is 15.6. The monoisotopic (exact) mass is 629 g/mol. The van der Waals surface area contributed by atoms with Gasteiger partial charge in [-0.05, 0) is 62.2 Å². The highest BCUT2D eigenvalue weighted by molar-refractivity contribution is 7.92. The summed E-state index contributed by atoms with van der Waals surface area (Å²) in [6, 6.07) is 15.2. The maximum absolute atomic E-state index is 14.7. The van der Waals surface area contributed by atoms with Gasteiger partial charge in [-0.2, -0.15) is 0 Å². The number of hydrogen-bond donors (Lipinski definition) is 1. The minimum absolute atomic E-state index is 0.153. The van der Waals surface area contributed by atoms with Crippen molar-refractivity contribution in [1.29, 1.82) is 0 Å². The van der Waals surface area contributed by atoms with Gasteiger partial charge in [0.15, 0.2) is 11.5 Å². The molecule has 2 amide bonds. The summed E-state index contributed by atoms with van der Waals surface area (Å²) < 4.78 is 60.0. The first-order valence-electron chi connectivity index (χ1n) is 14.2. The summed E-state index contributed by atoms with van der Waals surface area (Å²) in [7, 11) is -1.57. The fourth-order valence-electron chi connectivity index (χ4n) is 4.35. The minimum Gasteiger partial charge on any atom is -0.494 e. The van der Waals surface area contributed by atoms with Crippen LogP contribution in [0.4, 0.5) is 10.1 Å². The predicted octanol–water partition coefficient (Wildman–Crippen LogP) is 4.63. The first-order chi connectivity index (χ1) is 20.9. The number of nitrogens with one attached hydrogen (secondary N) is 1. The number of hydrogen-bond acceptors (Lipinski definition) is 7. The summed E-state index contributed by atoms with van der Waals surface area (Å²) in [5.74, 6) is -0.527. The van der Waals surface area contributed by atoms with Crippen molar-refractivity contribution in [3.63, 3.8) is 0 Å². The van der Waals surface area contributed by atoms with Gasteiger partial charge in [0.1, 0.15) is 24.2 Å². The van der Waals surface area contributed by atoms with E-state index in [1.165, 1.54) is 74.6 Å². The summed E-state index contributed by atoms with van der Waals surface area (Å²) >= 11 is 0. The van der Waals surface area contributed by atoms with E-state index in [1.807, 2.05) is 20.8 Å². The normalized spacial score (nSPS) is 11.9. The van der Waals surface area contributed by atoms with Crippen LogP contribution in [0.25, 0.3) is 0 Å². The van der Waals surface area contributed by atoms with Gasteiger partial charge < -0.3 is 24.4 Å². The first kappa shape index (κ1) is 34.2. The second-order valence-corrected chi connectivity index (χ2v) is 12.2. The molecule has 3 rings (SSSR count). The van der Waals surface area contributed by atoms with Gasteiger partial charge in [0.05, 0.1) is 31.4 Å². The van der Waals surface area contributed by atoms with E-state index < -0.39 is 40.2 Å². The van der Waals surface area contributed by atoms with Crippen LogP contribution >= 0.6 is 0 Å². The van der Waals surface area contributed by atoms with E-state index in [-0.39, 0.29) is 34.4 Å². The third-order valence-corrected chi connectivity index (χ3v) is 8.58. The molecule has 10 nitrogen and oxygen atoms in total. The number of sulfonamides is 1. The van der Waals surface area contributed by atoms with Gasteiger partial charge in [-0.3, -0.25) is 13.9 Å². The zero-order valence-electron chi connectivity index (χ0n) is 25.9. The van der Waals surface area contributed by atoms with Crippen LogP contribution in [-0.4, -0.2) is 65.1 Å². The standard InChI is InChI=1S/C32H40FN3O7S/c1-7-43-26-14-12-25(13-15-26)36(44(39,40)27-16-17-29(41-5)30(18-27)42-6)21-31(37)35(20-24-10-8-9-11-28(24)33)23(4)32(38)34-19-22(2)3/h8-18,22-23H,7,19-21H2,1-6H3,(H,34,38)/t23-/m1/s1. The van der Waals surface area contributed by atoms with Crippen LogP contribution in [-0.2, 0) is 26.2 Å². The van der Waals surface area contributed by atoms with Crippen LogP contribution < -0.4 is 23.8 Å². The SMILES string of the molecule is CCOc1ccc(N(CC(=O)N(Cc2ccccc2F)[C@H](C)C(=O)NCC(C)C)S(=O)(=O)c2ccc(OC)c(OC)c2)cc1. The molecule has 44 heavy (non-hydrogen) atoms. The zero-order chi connectivity index (χ0) is 32.4. The minimum atomic E-state index is -4.38. The van der Waals surface area contributed by atoms with Gasteiger partial charge in [0, 0.05) is 24.7 Å². The smallest absolute Gasteiger partial charge is 0.264 e. The molecule has 0 aliphatic rings. The number of benzene rings is 3. The fourth-order valence-corrected chi connectivity index (χ4v) is 5.78. The van der Waals surface area contributed by atoms with Crippen molar-refractivity contribution in [3.8, 4) is 17.2 Å². The van der Waals surface area contributed by atoms with Crippen molar-refractivity contribution in [2.75, 3.05) is 38.2 Å². The maximum atomic E-state index is 14.7. The van der Waals surface area contributed by atoms with Crippen LogP contribution in [0.5, 0.6) is 17.2 Å². The molecule has 0 aliphatic carbocycles. The van der Waals surface area contributed by atoms with Gasteiger partial charge in [0.2, 0.25) is 11.8 Å². The number of rotatable bonds is 15. The van der Waals surface area contributed by atoms with Crippen LogP contribution in [0.2, 0.25) is 0 Å². The summed E-state index contributed by atoms with van der Waals surface area (Å²) in [4.78, 5) is 28.2. The Balaban J connectivity index is 2.08. The van der Waals surface area contributed by atoms with Gasteiger partial charge in [0.25, 0.3) is 10.0 Å². The number of halogens is 1. The summed E-state index contributed by atoms with van der Waals surface area (Å²) in [6.07, 6.45) is 0. The molecule has 0 saturated heterocycles. The summed E-state index contributed by atoms with van der Waals surface area (Å²) in [5.41, 5.74) is 0.360. The fraction of sp³-hybridized carbons (Fsp3) is 0.375. The van der Waals surface area contributed by atoms with Crippen LogP contribution in [0.1, 0.15) is 33.3 Å². The molecule has 0 aromatic heterocycles. The number of carbonyl (C=O) groups is 2. The van der Waals surface area contributed by atoms with Gasteiger partial charge >= 0.3 is 0 Å². The van der Waals surface area contributed by atoms with Gasteiger partial charge in [-0.1, -0.05) is 32.0 Å². The Hall–Kier alpha value is -4.32. The Morgan fingerprint density at radius 1 is 0.932 bits per heavy atom. The summed E-state index contributed by atoms with van der Waals surface area (Å²) in [6.45, 7) is 7.06. The van der Waals surface area contributed by atoms with Crippen LogP contribution in [0.15, 0.2) is 71.6 Å². The molecule has 0 saturated carbocycles. The molecule has 1 atom stereocenters. The molecular formula is C32H40FN3O7S. The lowest BCUT2D eigenvalue weighted by molar-refractivity contribution is -0.139. The molecule has 0 aliphatic heterocycles. The average Bonchev–Trinajstić information content (AvgIpc) is 3.01. The lowest BCUT2D eigenvalue weighted by atomic mass is 10.1. The molecule has 3 aromatic rings. The third kappa shape index (κ3) is 8.40. The Morgan fingerprint density at radius 2 is 1.59 bits per heavy atom. The lowest BCUT2D eigenvalue weighted by Crippen LogP contribution is -2.51. The number of anilines is 1. The van der Waals surface area contributed by atoms with Crippen LogP contribution in [0.3, 0.4) is 0 Å². The van der Waals surface area contributed by atoms with Crippen LogP contribution in [0, 0.1) is 11.7 Å². The Kier molecular flexibility index (Phi) is 12.0. The highest BCUT2D eigenvalue weighted by Crippen LogP contribution is 2.33. The second kappa shape index (κ2) is 15.4. The molecule has 0 heterocycles. The topological polar surface area (TPSA) is 114 Å². The van der Waals surface area contributed by atoms with Gasteiger partial charge in [-0.25, -0.2) is 12.8 Å². The van der Waals surface area contributed by atoms with E-state index in [1.54, 1.807) is 18.2 Å². The number of amides is 2. The molecule has 1 N–H and O–H groups in total. The number of nitrogens with zero attached hydrogens (tertiary/aromatic N) is 2. The average molecular weight is 630 g/mol. The Morgan fingerprint density at radius 3 is 2.18 bits per heavy atom. The molecule has 238 valence electrons. The molecule has 0 fully saturated rings. The van der Waals surface area contributed by atoms with Crippen molar-refractivity contribution in [3.05, 3.63) is 78.1 Å². The van der Waals surface area contributed by atoms with Crippen molar-refractivity contribution in [2.24, 2.45) is 5.92 Å². The predicted molar refractivity (Wildman–Crippen MR) is 166 cm³/mol. The summed E-state index contributed by atoms with van der Waals surface area (Å²) in [5, 5.41) is 2.80. The van der Waals surface area contributed by atoms with Crippen molar-refractivity contribution >= 4 is 27.5 Å². The van der Waals surface area contributed by atoms with E-state index in [2.05, 4.69) is 5.32 Å². The molecule has 0 bridgehead atoms. The largest absolute Gasteiger partial charge is 0.494 e. The second-order valence-electron chi connectivity index (χ2n) is 10.4. The van der Waals surface area contributed by atoms with E-state index in [4.69, 9.17) is 14.2 Å². The highest BCUT2D eigenvalue weighted by atomic mass is 32.2.